The summed E-state index contributed by atoms with van der Waals surface area (Å²) >= 11 is 3.33. The molecule has 92 valence electrons. The van der Waals surface area contributed by atoms with Gasteiger partial charge in [0.25, 0.3) is 0 Å². The van der Waals surface area contributed by atoms with Gasteiger partial charge in [0.2, 0.25) is 0 Å². The van der Waals surface area contributed by atoms with E-state index in [1.54, 1.807) is 30.3 Å². The van der Waals surface area contributed by atoms with Gasteiger partial charge in [-0.1, -0.05) is 15.9 Å². The van der Waals surface area contributed by atoms with Crippen molar-refractivity contribution in [3.63, 3.8) is 0 Å². The summed E-state index contributed by atoms with van der Waals surface area (Å²) in [6, 6.07) is 11.2. The minimum atomic E-state index is -0.298. The molecular formula is C14H10BrFO2. The molecule has 0 aliphatic rings. The summed E-state index contributed by atoms with van der Waals surface area (Å²) in [6.07, 6.45) is 0.771. The lowest BCUT2D eigenvalue weighted by molar-refractivity contribution is 0.112. The number of halogens is 2. The Balaban J connectivity index is 2.06. The Hall–Kier alpha value is -1.68. The van der Waals surface area contributed by atoms with Gasteiger partial charge in [-0.15, -0.1) is 0 Å². The van der Waals surface area contributed by atoms with Crippen LogP contribution in [0.1, 0.15) is 15.9 Å². The zero-order valence-corrected chi connectivity index (χ0v) is 11.0. The Labute approximate surface area is 113 Å². The van der Waals surface area contributed by atoms with E-state index in [1.807, 2.05) is 0 Å². The molecular weight excluding hydrogens is 299 g/mol. The number of benzene rings is 2. The van der Waals surface area contributed by atoms with E-state index in [9.17, 15) is 9.18 Å². The van der Waals surface area contributed by atoms with Crippen LogP contribution in [-0.2, 0) is 6.61 Å². The van der Waals surface area contributed by atoms with Crippen molar-refractivity contribution in [2.75, 3.05) is 0 Å². The fraction of sp³-hybridized carbons (Fsp3) is 0.0714. The molecule has 0 aliphatic heterocycles. The Morgan fingerprint density at radius 2 is 1.89 bits per heavy atom. The van der Waals surface area contributed by atoms with Crippen LogP contribution in [0.15, 0.2) is 46.9 Å². The van der Waals surface area contributed by atoms with Crippen molar-refractivity contribution in [3.05, 3.63) is 63.9 Å². The van der Waals surface area contributed by atoms with E-state index in [1.165, 1.54) is 12.1 Å². The van der Waals surface area contributed by atoms with E-state index < -0.39 is 0 Å². The smallest absolute Gasteiger partial charge is 0.150 e. The van der Waals surface area contributed by atoms with E-state index in [-0.39, 0.29) is 12.4 Å². The normalized spacial score (nSPS) is 10.1. The van der Waals surface area contributed by atoms with Gasteiger partial charge in [0, 0.05) is 15.6 Å². The van der Waals surface area contributed by atoms with Gasteiger partial charge in [0.15, 0.2) is 0 Å². The van der Waals surface area contributed by atoms with Crippen LogP contribution in [0.4, 0.5) is 4.39 Å². The van der Waals surface area contributed by atoms with Crippen molar-refractivity contribution in [1.82, 2.24) is 0 Å². The van der Waals surface area contributed by atoms with Crippen molar-refractivity contribution in [3.8, 4) is 5.75 Å². The number of carbonyl (C=O) groups is 1. The highest BCUT2D eigenvalue weighted by Gasteiger charge is 2.03. The number of aldehydes is 1. The van der Waals surface area contributed by atoms with Crippen LogP contribution in [-0.4, -0.2) is 6.29 Å². The molecule has 0 unspecified atom stereocenters. The first kappa shape index (κ1) is 12.8. The standard InChI is InChI=1S/C14H10BrFO2/c15-14-6-3-12(16)7-11(14)9-18-13-4-1-10(8-17)2-5-13/h1-8H,9H2. The minimum Gasteiger partial charge on any atom is -0.489 e. The first-order chi connectivity index (χ1) is 8.69. The highest BCUT2D eigenvalue weighted by atomic mass is 79.9. The van der Waals surface area contributed by atoms with Crippen LogP contribution in [0.25, 0.3) is 0 Å². The van der Waals surface area contributed by atoms with Gasteiger partial charge >= 0.3 is 0 Å². The fourth-order valence-corrected chi connectivity index (χ4v) is 1.82. The van der Waals surface area contributed by atoms with Crippen LogP contribution in [0.5, 0.6) is 5.75 Å². The molecule has 0 radical (unpaired) electrons. The van der Waals surface area contributed by atoms with E-state index >= 15 is 0 Å². The zero-order valence-electron chi connectivity index (χ0n) is 9.40. The summed E-state index contributed by atoms with van der Waals surface area (Å²) in [5, 5.41) is 0. The predicted octanol–water partition coefficient (Wildman–Crippen LogP) is 3.98. The first-order valence-corrected chi connectivity index (χ1v) is 6.10. The molecule has 2 nitrogen and oxygen atoms in total. The van der Waals surface area contributed by atoms with E-state index in [0.29, 0.717) is 11.3 Å². The van der Waals surface area contributed by atoms with Crippen molar-refractivity contribution in [2.24, 2.45) is 0 Å². The summed E-state index contributed by atoms with van der Waals surface area (Å²) in [4.78, 5) is 10.5. The topological polar surface area (TPSA) is 26.3 Å². The molecule has 2 aromatic carbocycles. The van der Waals surface area contributed by atoms with Crippen molar-refractivity contribution < 1.29 is 13.9 Å². The molecule has 2 rings (SSSR count). The maximum atomic E-state index is 13.1. The van der Waals surface area contributed by atoms with Gasteiger partial charge in [-0.25, -0.2) is 4.39 Å². The Morgan fingerprint density at radius 1 is 1.17 bits per heavy atom. The summed E-state index contributed by atoms with van der Waals surface area (Å²) in [5.41, 5.74) is 1.32. The number of hydrogen-bond acceptors (Lipinski definition) is 2. The molecule has 0 fully saturated rings. The lowest BCUT2D eigenvalue weighted by Crippen LogP contribution is -1.97. The third kappa shape index (κ3) is 3.17. The van der Waals surface area contributed by atoms with Gasteiger partial charge < -0.3 is 4.74 Å². The molecule has 0 saturated heterocycles. The van der Waals surface area contributed by atoms with E-state index in [2.05, 4.69) is 15.9 Å². The summed E-state index contributed by atoms with van der Waals surface area (Å²) in [7, 11) is 0. The van der Waals surface area contributed by atoms with Gasteiger partial charge in [-0.05, 0) is 42.5 Å². The number of hydrogen-bond donors (Lipinski definition) is 0. The monoisotopic (exact) mass is 308 g/mol. The molecule has 0 amide bonds. The Bertz CT molecular complexity index is 552. The van der Waals surface area contributed by atoms with Crippen LogP contribution in [0.2, 0.25) is 0 Å². The van der Waals surface area contributed by atoms with Gasteiger partial charge in [0.1, 0.15) is 24.5 Å². The number of rotatable bonds is 4. The van der Waals surface area contributed by atoms with Crippen molar-refractivity contribution >= 4 is 22.2 Å². The molecule has 2 aromatic rings. The average Bonchev–Trinajstić information content (AvgIpc) is 2.40. The second-order valence-corrected chi connectivity index (χ2v) is 4.57. The zero-order chi connectivity index (χ0) is 13.0. The predicted molar refractivity (Wildman–Crippen MR) is 70.3 cm³/mol. The third-order valence-electron chi connectivity index (χ3n) is 2.42. The third-order valence-corrected chi connectivity index (χ3v) is 3.19. The Kier molecular flexibility index (Phi) is 4.10. The van der Waals surface area contributed by atoms with E-state index in [0.717, 1.165) is 16.3 Å². The fourth-order valence-electron chi connectivity index (χ4n) is 1.46. The van der Waals surface area contributed by atoms with Crippen LogP contribution in [0.3, 0.4) is 0 Å². The molecule has 0 aromatic heterocycles. The molecule has 0 bridgehead atoms. The molecule has 0 N–H and O–H groups in total. The molecule has 0 atom stereocenters. The second kappa shape index (κ2) is 5.78. The van der Waals surface area contributed by atoms with Gasteiger partial charge in [-0.2, -0.15) is 0 Å². The highest BCUT2D eigenvalue weighted by molar-refractivity contribution is 9.10. The van der Waals surface area contributed by atoms with Crippen molar-refractivity contribution in [2.45, 2.75) is 6.61 Å². The largest absolute Gasteiger partial charge is 0.489 e. The van der Waals surface area contributed by atoms with Crippen molar-refractivity contribution in [1.29, 1.82) is 0 Å². The Morgan fingerprint density at radius 3 is 2.56 bits per heavy atom. The molecule has 18 heavy (non-hydrogen) atoms. The second-order valence-electron chi connectivity index (χ2n) is 3.71. The maximum absolute atomic E-state index is 13.1. The molecule has 0 saturated carbocycles. The SMILES string of the molecule is O=Cc1ccc(OCc2cc(F)ccc2Br)cc1. The minimum absolute atomic E-state index is 0.263. The van der Waals surface area contributed by atoms with Crippen LogP contribution >= 0.6 is 15.9 Å². The lowest BCUT2D eigenvalue weighted by atomic mass is 10.2. The highest BCUT2D eigenvalue weighted by Crippen LogP contribution is 2.20. The van der Waals surface area contributed by atoms with Crippen LogP contribution < -0.4 is 4.74 Å². The molecule has 0 spiro atoms. The number of carbonyl (C=O) groups excluding carboxylic acids is 1. The van der Waals surface area contributed by atoms with Gasteiger partial charge in [-0.3, -0.25) is 4.79 Å². The molecule has 0 heterocycles. The first-order valence-electron chi connectivity index (χ1n) is 5.31. The van der Waals surface area contributed by atoms with E-state index in [4.69, 9.17) is 4.74 Å². The summed E-state index contributed by atoms with van der Waals surface area (Å²) < 4.78 is 19.4. The summed E-state index contributed by atoms with van der Waals surface area (Å²) in [5.74, 6) is 0.338. The lowest BCUT2D eigenvalue weighted by Gasteiger charge is -2.08. The molecule has 4 heteroatoms. The van der Waals surface area contributed by atoms with Gasteiger partial charge in [0.05, 0.1) is 0 Å². The molecule has 0 aliphatic carbocycles. The quantitative estimate of drug-likeness (QED) is 0.799. The number of ether oxygens (including phenoxy) is 1. The summed E-state index contributed by atoms with van der Waals surface area (Å²) in [6.45, 7) is 0.263. The maximum Gasteiger partial charge on any atom is 0.150 e. The van der Waals surface area contributed by atoms with Crippen LogP contribution in [0, 0.1) is 5.82 Å². The average molecular weight is 309 g/mol.